The number of benzene rings is 2. The quantitative estimate of drug-likeness (QED) is 0.487. The highest BCUT2D eigenvalue weighted by molar-refractivity contribution is 5.98. The topological polar surface area (TPSA) is 76.7 Å². The minimum Gasteiger partial charge on any atom is -0.493 e. The molecule has 158 valence electrons. The van der Waals surface area contributed by atoms with Crippen molar-refractivity contribution in [2.24, 2.45) is 0 Å². The Morgan fingerprint density at radius 3 is 2.40 bits per heavy atom. The summed E-state index contributed by atoms with van der Waals surface area (Å²) in [5, 5.41) is 5.44. The van der Waals surface area contributed by atoms with E-state index in [1.165, 1.54) is 6.08 Å². The lowest BCUT2D eigenvalue weighted by molar-refractivity contribution is -0.121. The first-order chi connectivity index (χ1) is 14.3. The summed E-state index contributed by atoms with van der Waals surface area (Å²) in [4.78, 5) is 24.3. The molecule has 2 N–H and O–H groups in total. The molecular formula is C24H28N2O4. The van der Waals surface area contributed by atoms with Crippen molar-refractivity contribution in [3.05, 3.63) is 71.3 Å². The first kappa shape index (κ1) is 22.7. The van der Waals surface area contributed by atoms with Crippen molar-refractivity contribution in [1.82, 2.24) is 5.32 Å². The third kappa shape index (κ3) is 6.51. The predicted molar refractivity (Wildman–Crippen MR) is 120 cm³/mol. The predicted octanol–water partition coefficient (Wildman–Crippen LogP) is 3.95. The third-order valence-electron chi connectivity index (χ3n) is 4.34. The van der Waals surface area contributed by atoms with Gasteiger partial charge in [0.05, 0.1) is 13.7 Å². The maximum atomic E-state index is 12.2. The van der Waals surface area contributed by atoms with E-state index < -0.39 is 0 Å². The van der Waals surface area contributed by atoms with Crippen molar-refractivity contribution in [2.75, 3.05) is 25.6 Å². The van der Waals surface area contributed by atoms with Crippen molar-refractivity contribution in [2.45, 2.75) is 20.8 Å². The second kappa shape index (κ2) is 10.9. The van der Waals surface area contributed by atoms with E-state index in [4.69, 9.17) is 9.47 Å². The summed E-state index contributed by atoms with van der Waals surface area (Å²) in [5.41, 5.74) is 4.66. The fraction of sp³-hybridized carbons (Fsp3) is 0.250. The highest BCUT2D eigenvalue weighted by Crippen LogP contribution is 2.28. The van der Waals surface area contributed by atoms with E-state index in [0.717, 1.165) is 27.9 Å². The Balaban J connectivity index is 1.92. The molecule has 6 heteroatoms. The molecule has 0 fully saturated rings. The van der Waals surface area contributed by atoms with Gasteiger partial charge in [0.2, 0.25) is 11.8 Å². The van der Waals surface area contributed by atoms with Crippen LogP contribution >= 0.6 is 0 Å². The monoisotopic (exact) mass is 408 g/mol. The number of rotatable bonds is 9. The molecule has 0 heterocycles. The van der Waals surface area contributed by atoms with Crippen molar-refractivity contribution in [3.63, 3.8) is 0 Å². The second-order valence-corrected chi connectivity index (χ2v) is 6.88. The molecular weight excluding hydrogens is 380 g/mol. The van der Waals surface area contributed by atoms with Gasteiger partial charge in [-0.25, -0.2) is 0 Å². The molecule has 6 nitrogen and oxygen atoms in total. The van der Waals surface area contributed by atoms with Crippen molar-refractivity contribution < 1.29 is 19.1 Å². The number of methoxy groups -OCH3 is 1. The number of hydrogen-bond acceptors (Lipinski definition) is 4. The molecule has 2 rings (SSSR count). The van der Waals surface area contributed by atoms with Crippen LogP contribution in [0.1, 0.15) is 22.3 Å². The lowest BCUT2D eigenvalue weighted by Crippen LogP contribution is -2.32. The molecule has 0 unspecified atom stereocenters. The van der Waals surface area contributed by atoms with Crippen molar-refractivity contribution in [1.29, 1.82) is 0 Å². The van der Waals surface area contributed by atoms with Gasteiger partial charge in [-0.05, 0) is 55.7 Å². The zero-order chi connectivity index (χ0) is 22.1. The number of aryl methyl sites for hydroxylation is 3. The number of anilines is 1. The van der Waals surface area contributed by atoms with Gasteiger partial charge in [-0.2, -0.15) is 0 Å². The van der Waals surface area contributed by atoms with Crippen LogP contribution in [-0.4, -0.2) is 32.1 Å². The van der Waals surface area contributed by atoms with Crippen LogP contribution in [0.15, 0.2) is 49.1 Å². The molecule has 0 spiro atoms. The Morgan fingerprint density at radius 2 is 1.77 bits per heavy atom. The molecule has 0 atom stereocenters. The summed E-state index contributed by atoms with van der Waals surface area (Å²) in [6.07, 6.45) is 4.66. The van der Waals surface area contributed by atoms with E-state index in [0.29, 0.717) is 18.1 Å². The molecule has 0 radical (unpaired) electrons. The van der Waals surface area contributed by atoms with E-state index in [-0.39, 0.29) is 18.4 Å². The molecule has 0 saturated carbocycles. The zero-order valence-electron chi connectivity index (χ0n) is 17.9. The molecule has 30 heavy (non-hydrogen) atoms. The SMILES string of the molecule is C=CCOc1ccc(C=CC(=O)NCC(=O)Nc2c(C)cc(C)cc2C)cc1OC. The smallest absolute Gasteiger partial charge is 0.244 e. The highest BCUT2D eigenvalue weighted by Gasteiger charge is 2.09. The zero-order valence-corrected chi connectivity index (χ0v) is 17.9. The lowest BCUT2D eigenvalue weighted by atomic mass is 10.1. The Hall–Kier alpha value is -3.54. The number of carbonyl (C=O) groups is 2. The molecule has 0 bridgehead atoms. The van der Waals surface area contributed by atoms with Crippen LogP contribution in [0.4, 0.5) is 5.69 Å². The van der Waals surface area contributed by atoms with Gasteiger partial charge in [0.25, 0.3) is 0 Å². The van der Waals surface area contributed by atoms with Crippen LogP contribution < -0.4 is 20.1 Å². The number of hydrogen-bond donors (Lipinski definition) is 2. The summed E-state index contributed by atoms with van der Waals surface area (Å²) in [6, 6.07) is 9.34. The maximum Gasteiger partial charge on any atom is 0.244 e. The minimum absolute atomic E-state index is 0.117. The minimum atomic E-state index is -0.367. The van der Waals surface area contributed by atoms with E-state index in [1.54, 1.807) is 37.5 Å². The van der Waals surface area contributed by atoms with Crippen LogP contribution in [0.5, 0.6) is 11.5 Å². The average Bonchev–Trinajstić information content (AvgIpc) is 2.71. The Labute approximate surface area is 177 Å². The third-order valence-corrected chi connectivity index (χ3v) is 4.34. The number of carbonyl (C=O) groups excluding carboxylic acids is 2. The van der Waals surface area contributed by atoms with Gasteiger partial charge in [0, 0.05) is 11.8 Å². The first-order valence-corrected chi connectivity index (χ1v) is 9.59. The van der Waals surface area contributed by atoms with E-state index in [9.17, 15) is 9.59 Å². The van der Waals surface area contributed by atoms with Gasteiger partial charge in [-0.3, -0.25) is 9.59 Å². The van der Waals surface area contributed by atoms with E-state index >= 15 is 0 Å². The molecule has 2 amide bonds. The summed E-state index contributed by atoms with van der Waals surface area (Å²) in [7, 11) is 1.55. The molecule has 0 aliphatic heterocycles. The van der Waals surface area contributed by atoms with E-state index in [2.05, 4.69) is 17.2 Å². The Kier molecular flexibility index (Phi) is 8.23. The van der Waals surface area contributed by atoms with Gasteiger partial charge >= 0.3 is 0 Å². The normalized spacial score (nSPS) is 10.5. The summed E-state index contributed by atoms with van der Waals surface area (Å²) in [6.45, 7) is 9.76. The molecule has 0 saturated heterocycles. The van der Waals surface area contributed by atoms with Crippen LogP contribution in [0.2, 0.25) is 0 Å². The van der Waals surface area contributed by atoms with E-state index in [1.807, 2.05) is 32.9 Å². The molecule has 0 aliphatic carbocycles. The average molecular weight is 408 g/mol. The summed E-state index contributed by atoms with van der Waals surface area (Å²) >= 11 is 0. The fourth-order valence-corrected chi connectivity index (χ4v) is 3.01. The largest absolute Gasteiger partial charge is 0.493 e. The Morgan fingerprint density at radius 1 is 1.07 bits per heavy atom. The van der Waals surface area contributed by atoms with Gasteiger partial charge in [0.1, 0.15) is 6.61 Å². The van der Waals surface area contributed by atoms with Crippen LogP contribution in [-0.2, 0) is 9.59 Å². The van der Waals surface area contributed by atoms with Gasteiger partial charge in [0.15, 0.2) is 11.5 Å². The van der Waals surface area contributed by atoms with Gasteiger partial charge in [-0.15, -0.1) is 0 Å². The molecule has 0 aliphatic rings. The lowest BCUT2D eigenvalue weighted by Gasteiger charge is -2.13. The van der Waals surface area contributed by atoms with Gasteiger partial charge < -0.3 is 20.1 Å². The van der Waals surface area contributed by atoms with Crippen molar-refractivity contribution >= 4 is 23.6 Å². The molecule has 0 aromatic heterocycles. The Bertz CT molecular complexity index is 941. The summed E-state index contributed by atoms with van der Waals surface area (Å²) < 4.78 is 10.8. The molecule has 2 aromatic rings. The molecule has 2 aromatic carbocycles. The number of nitrogens with one attached hydrogen (secondary N) is 2. The van der Waals surface area contributed by atoms with Crippen LogP contribution in [0.25, 0.3) is 6.08 Å². The highest BCUT2D eigenvalue weighted by atomic mass is 16.5. The second-order valence-electron chi connectivity index (χ2n) is 6.88. The summed E-state index contributed by atoms with van der Waals surface area (Å²) in [5.74, 6) is 0.505. The first-order valence-electron chi connectivity index (χ1n) is 9.59. The number of ether oxygens (including phenoxy) is 2. The van der Waals surface area contributed by atoms with Crippen LogP contribution in [0, 0.1) is 20.8 Å². The van der Waals surface area contributed by atoms with Crippen molar-refractivity contribution in [3.8, 4) is 11.5 Å². The maximum absolute atomic E-state index is 12.2. The van der Waals surface area contributed by atoms with Gasteiger partial charge in [-0.1, -0.05) is 36.4 Å². The number of amides is 2. The van der Waals surface area contributed by atoms with Crippen LogP contribution in [0.3, 0.4) is 0 Å². The fourth-order valence-electron chi connectivity index (χ4n) is 3.01. The standard InChI is InChI=1S/C24H28N2O4/c1-6-11-30-20-9-7-19(14-21(20)29-5)8-10-22(27)25-15-23(28)26-24-17(3)12-16(2)13-18(24)4/h6-10,12-14H,1,11,15H2,2-5H3,(H,25,27)(H,26,28).